The first kappa shape index (κ1) is 14.4. The molecule has 0 aliphatic rings. The van der Waals surface area contributed by atoms with Crippen LogP contribution in [0.25, 0.3) is 0 Å². The third kappa shape index (κ3) is 2.97. The van der Waals surface area contributed by atoms with E-state index in [-0.39, 0.29) is 0 Å². The van der Waals surface area contributed by atoms with Crippen LogP contribution in [0.5, 0.6) is 0 Å². The molecular weight excluding hydrogens is 266 g/mol. The van der Waals surface area contributed by atoms with E-state index in [1.165, 1.54) is 11.3 Å². The van der Waals surface area contributed by atoms with Crippen LogP contribution in [0.4, 0.5) is 0 Å². The van der Waals surface area contributed by atoms with Gasteiger partial charge in [-0.3, -0.25) is 4.79 Å². The summed E-state index contributed by atoms with van der Waals surface area (Å²) in [5.41, 5.74) is -0.650. The molecule has 1 aromatic rings. The van der Waals surface area contributed by atoms with Gasteiger partial charge in [-0.25, -0.2) is 0 Å². The minimum Gasteiger partial charge on any atom is -0.394 e. The van der Waals surface area contributed by atoms with Gasteiger partial charge in [-0.15, -0.1) is 11.3 Å². The number of hydrogen-bond donors (Lipinski definition) is 4. The van der Waals surface area contributed by atoms with E-state index in [9.17, 15) is 4.79 Å². The first-order chi connectivity index (χ1) is 7.99. The Hall–Kier alpha value is -0.660. The molecule has 0 aromatic carbocycles. The summed E-state index contributed by atoms with van der Waals surface area (Å²) in [6.07, 6.45) is 0. The standard InChI is InChI=1S/C10H14ClNO4S/c1-6-2-17-8(7(6)11)9(16)12-10(3-13,4-14)5-15/h2,13-15H,3-5H2,1H3,(H,12,16). The maximum atomic E-state index is 11.9. The van der Waals surface area contributed by atoms with Crippen LogP contribution >= 0.6 is 22.9 Å². The number of rotatable bonds is 5. The molecule has 0 saturated carbocycles. The van der Waals surface area contributed by atoms with Crippen molar-refractivity contribution in [2.75, 3.05) is 19.8 Å². The van der Waals surface area contributed by atoms with Gasteiger partial charge in [0, 0.05) is 0 Å². The molecule has 0 bridgehead atoms. The molecule has 0 unspecified atom stereocenters. The number of aryl methyl sites for hydroxylation is 1. The largest absolute Gasteiger partial charge is 0.394 e. The van der Waals surface area contributed by atoms with E-state index in [0.717, 1.165) is 5.56 Å². The summed E-state index contributed by atoms with van der Waals surface area (Å²) in [5, 5.41) is 31.7. The Labute approximate surface area is 108 Å². The number of carbonyl (C=O) groups is 1. The van der Waals surface area contributed by atoms with Gasteiger partial charge in [-0.2, -0.15) is 0 Å². The average Bonchev–Trinajstić information content (AvgIpc) is 2.67. The van der Waals surface area contributed by atoms with Crippen molar-refractivity contribution >= 4 is 28.8 Å². The molecule has 0 radical (unpaired) electrons. The van der Waals surface area contributed by atoms with Crippen LogP contribution in [-0.2, 0) is 0 Å². The average molecular weight is 280 g/mol. The minimum atomic E-state index is -1.43. The van der Waals surface area contributed by atoms with Crippen molar-refractivity contribution in [3.05, 3.63) is 20.8 Å². The Kier molecular flexibility index (Phi) is 4.91. The lowest BCUT2D eigenvalue weighted by Gasteiger charge is -2.28. The predicted molar refractivity (Wildman–Crippen MR) is 65.5 cm³/mol. The van der Waals surface area contributed by atoms with E-state index in [1.54, 1.807) is 12.3 Å². The second-order valence-corrected chi connectivity index (χ2v) is 5.03. The molecule has 0 fully saturated rings. The Morgan fingerprint density at radius 2 is 1.94 bits per heavy atom. The molecule has 1 rings (SSSR count). The second-order valence-electron chi connectivity index (χ2n) is 3.77. The molecule has 7 heteroatoms. The molecule has 96 valence electrons. The van der Waals surface area contributed by atoms with Crippen molar-refractivity contribution < 1.29 is 20.1 Å². The minimum absolute atomic E-state index is 0.295. The van der Waals surface area contributed by atoms with Crippen molar-refractivity contribution in [1.82, 2.24) is 5.32 Å². The Morgan fingerprint density at radius 3 is 2.29 bits per heavy atom. The normalized spacial score (nSPS) is 11.6. The van der Waals surface area contributed by atoms with Crippen LogP contribution < -0.4 is 5.32 Å². The van der Waals surface area contributed by atoms with Gasteiger partial charge in [-0.1, -0.05) is 11.6 Å². The van der Waals surface area contributed by atoms with E-state index in [0.29, 0.717) is 9.90 Å². The summed E-state index contributed by atoms with van der Waals surface area (Å²) in [4.78, 5) is 12.1. The van der Waals surface area contributed by atoms with Crippen LogP contribution in [0.2, 0.25) is 5.02 Å². The van der Waals surface area contributed by atoms with Crippen molar-refractivity contribution in [3.8, 4) is 0 Å². The maximum Gasteiger partial charge on any atom is 0.263 e. The van der Waals surface area contributed by atoms with Crippen molar-refractivity contribution in [1.29, 1.82) is 0 Å². The lowest BCUT2D eigenvalue weighted by Crippen LogP contribution is -2.56. The summed E-state index contributed by atoms with van der Waals surface area (Å²) in [5.74, 6) is -0.523. The summed E-state index contributed by atoms with van der Waals surface area (Å²) in [6.45, 7) is 0.0855. The Morgan fingerprint density at radius 1 is 1.41 bits per heavy atom. The molecule has 0 spiro atoms. The smallest absolute Gasteiger partial charge is 0.263 e. The van der Waals surface area contributed by atoms with Gasteiger partial charge in [-0.05, 0) is 17.9 Å². The quantitative estimate of drug-likeness (QED) is 0.618. The fraction of sp³-hybridized carbons (Fsp3) is 0.500. The summed E-state index contributed by atoms with van der Waals surface area (Å²) >= 11 is 7.09. The zero-order valence-corrected chi connectivity index (χ0v) is 10.8. The molecule has 0 aliphatic carbocycles. The van der Waals surface area contributed by atoms with Crippen LogP contribution in [0, 0.1) is 6.92 Å². The number of thiophene rings is 1. The van der Waals surface area contributed by atoms with Crippen LogP contribution in [-0.4, -0.2) is 46.6 Å². The number of aliphatic hydroxyl groups is 3. The molecule has 0 atom stereocenters. The fourth-order valence-electron chi connectivity index (χ4n) is 1.15. The van der Waals surface area contributed by atoms with E-state index in [1.807, 2.05) is 0 Å². The van der Waals surface area contributed by atoms with E-state index in [4.69, 9.17) is 26.9 Å². The molecule has 4 N–H and O–H groups in total. The van der Waals surface area contributed by atoms with E-state index >= 15 is 0 Å². The van der Waals surface area contributed by atoms with Gasteiger partial charge in [0.25, 0.3) is 5.91 Å². The monoisotopic (exact) mass is 279 g/mol. The number of amides is 1. The zero-order chi connectivity index (χ0) is 13.1. The first-order valence-electron chi connectivity index (χ1n) is 4.88. The summed E-state index contributed by atoms with van der Waals surface area (Å²) < 4.78 is 0. The Balaban J connectivity index is 2.88. The number of hydrogen-bond acceptors (Lipinski definition) is 5. The fourth-order valence-corrected chi connectivity index (χ4v) is 2.32. The molecule has 0 saturated heterocycles. The highest BCUT2D eigenvalue weighted by Crippen LogP contribution is 2.27. The third-order valence-corrected chi connectivity index (χ3v) is 4.09. The highest BCUT2D eigenvalue weighted by Gasteiger charge is 2.31. The molecule has 17 heavy (non-hydrogen) atoms. The van der Waals surface area contributed by atoms with Crippen molar-refractivity contribution in [2.24, 2.45) is 0 Å². The Bertz CT molecular complexity index is 395. The highest BCUT2D eigenvalue weighted by molar-refractivity contribution is 7.13. The molecule has 0 aliphatic heterocycles. The van der Waals surface area contributed by atoms with Gasteiger partial charge in [0.2, 0.25) is 0 Å². The summed E-state index contributed by atoms with van der Waals surface area (Å²) in [6, 6.07) is 0. The van der Waals surface area contributed by atoms with Gasteiger partial charge >= 0.3 is 0 Å². The van der Waals surface area contributed by atoms with Gasteiger partial charge in [0.1, 0.15) is 10.4 Å². The van der Waals surface area contributed by atoms with Crippen molar-refractivity contribution in [3.63, 3.8) is 0 Å². The molecule has 5 nitrogen and oxygen atoms in total. The van der Waals surface area contributed by atoms with Crippen molar-refractivity contribution in [2.45, 2.75) is 12.5 Å². The number of halogens is 1. The van der Waals surface area contributed by atoms with Crippen LogP contribution in [0.1, 0.15) is 15.2 Å². The van der Waals surface area contributed by atoms with Crippen LogP contribution in [0.15, 0.2) is 5.38 Å². The highest BCUT2D eigenvalue weighted by atomic mass is 35.5. The topological polar surface area (TPSA) is 89.8 Å². The zero-order valence-electron chi connectivity index (χ0n) is 9.23. The molecular formula is C10H14ClNO4S. The molecule has 1 heterocycles. The number of carbonyl (C=O) groups excluding carboxylic acids is 1. The first-order valence-corrected chi connectivity index (χ1v) is 6.14. The summed E-state index contributed by atoms with van der Waals surface area (Å²) in [7, 11) is 0. The van der Waals surface area contributed by atoms with Crippen LogP contribution in [0.3, 0.4) is 0 Å². The van der Waals surface area contributed by atoms with Gasteiger partial charge in [0.05, 0.1) is 24.8 Å². The lowest BCUT2D eigenvalue weighted by molar-refractivity contribution is 0.0377. The predicted octanol–water partition coefficient (Wildman–Crippen LogP) is 0.155. The number of aliphatic hydroxyl groups excluding tert-OH is 3. The van der Waals surface area contributed by atoms with E-state index < -0.39 is 31.3 Å². The maximum absolute atomic E-state index is 11.9. The molecule has 1 amide bonds. The number of nitrogens with one attached hydrogen (secondary N) is 1. The molecule has 1 aromatic heterocycles. The van der Waals surface area contributed by atoms with Gasteiger partial charge < -0.3 is 20.6 Å². The third-order valence-electron chi connectivity index (χ3n) is 2.39. The van der Waals surface area contributed by atoms with Gasteiger partial charge in [0.15, 0.2) is 0 Å². The lowest BCUT2D eigenvalue weighted by atomic mass is 10.0. The SMILES string of the molecule is Cc1csc(C(=O)NC(CO)(CO)CO)c1Cl. The second kappa shape index (κ2) is 5.79. The van der Waals surface area contributed by atoms with E-state index in [2.05, 4.69) is 5.32 Å².